The van der Waals surface area contributed by atoms with E-state index in [-0.39, 0.29) is 11.8 Å². The maximum Gasteiger partial charge on any atom is 0.222 e. The Labute approximate surface area is 101 Å². The topological polar surface area (TPSA) is 77.8 Å². The minimum absolute atomic E-state index is 0.00609. The molecule has 1 amide bonds. The van der Waals surface area contributed by atoms with E-state index in [1.165, 1.54) is 0 Å². The van der Waals surface area contributed by atoms with E-state index in [4.69, 9.17) is 5.26 Å². The second-order valence-electron chi connectivity index (χ2n) is 3.92. The molecule has 0 fully saturated rings. The molecule has 5 heteroatoms. The summed E-state index contributed by atoms with van der Waals surface area (Å²) in [6, 6.07) is 5.39. The zero-order valence-electron chi connectivity index (χ0n) is 10.0. The van der Waals surface area contributed by atoms with Crippen LogP contribution in [0.1, 0.15) is 19.5 Å². The van der Waals surface area contributed by atoms with Crippen LogP contribution >= 0.6 is 0 Å². The van der Waals surface area contributed by atoms with Gasteiger partial charge >= 0.3 is 0 Å². The minimum atomic E-state index is 0.00609. The zero-order chi connectivity index (χ0) is 12.7. The first-order chi connectivity index (χ1) is 8.13. The van der Waals surface area contributed by atoms with Crippen LogP contribution in [0.4, 0.5) is 5.69 Å². The van der Waals surface area contributed by atoms with Crippen LogP contribution in [0.5, 0.6) is 0 Å². The first-order valence-corrected chi connectivity index (χ1v) is 5.51. The van der Waals surface area contributed by atoms with Crippen LogP contribution in [0.15, 0.2) is 18.3 Å². The summed E-state index contributed by atoms with van der Waals surface area (Å²) in [5.41, 5.74) is 1.23. The third kappa shape index (κ3) is 4.51. The van der Waals surface area contributed by atoms with Gasteiger partial charge in [0.2, 0.25) is 5.91 Å². The van der Waals surface area contributed by atoms with Crippen molar-refractivity contribution in [3.8, 4) is 6.07 Å². The second kappa shape index (κ2) is 6.48. The third-order valence-electron chi connectivity index (χ3n) is 2.16. The summed E-state index contributed by atoms with van der Waals surface area (Å²) in [7, 11) is 0. The lowest BCUT2D eigenvalue weighted by molar-refractivity contribution is -0.123. The molecule has 2 N–H and O–H groups in total. The van der Waals surface area contributed by atoms with Gasteiger partial charge in [0.1, 0.15) is 11.8 Å². The molecule has 0 spiro atoms. The number of carbonyl (C=O) groups excluding carboxylic acids is 1. The molecular weight excluding hydrogens is 216 g/mol. The number of hydrogen-bond acceptors (Lipinski definition) is 4. The number of aromatic nitrogens is 1. The number of amides is 1. The highest BCUT2D eigenvalue weighted by Gasteiger charge is 2.04. The predicted molar refractivity (Wildman–Crippen MR) is 65.3 cm³/mol. The third-order valence-corrected chi connectivity index (χ3v) is 2.16. The Hall–Kier alpha value is -2.09. The largest absolute Gasteiger partial charge is 0.382 e. The highest BCUT2D eigenvalue weighted by molar-refractivity contribution is 5.77. The molecule has 1 heterocycles. The van der Waals surface area contributed by atoms with Gasteiger partial charge in [-0.3, -0.25) is 4.79 Å². The molecule has 0 saturated carbocycles. The van der Waals surface area contributed by atoms with Crippen LogP contribution < -0.4 is 10.6 Å². The van der Waals surface area contributed by atoms with Gasteiger partial charge < -0.3 is 10.6 Å². The monoisotopic (exact) mass is 232 g/mol. The van der Waals surface area contributed by atoms with Gasteiger partial charge in [-0.2, -0.15) is 5.26 Å². The van der Waals surface area contributed by atoms with Gasteiger partial charge in [0.25, 0.3) is 0 Å². The number of carbonyl (C=O) groups is 1. The summed E-state index contributed by atoms with van der Waals surface area (Å²) in [6.07, 6.45) is 1.60. The molecule has 90 valence electrons. The fraction of sp³-hybridized carbons (Fsp3) is 0.417. The summed E-state index contributed by atoms with van der Waals surface area (Å²) in [6.45, 7) is 4.91. The summed E-state index contributed by atoms with van der Waals surface area (Å²) in [5.74, 6) is 0.0522. The Morgan fingerprint density at radius 2 is 2.24 bits per heavy atom. The van der Waals surface area contributed by atoms with Gasteiger partial charge in [-0.05, 0) is 12.1 Å². The number of nitrogens with zero attached hydrogens (tertiary/aromatic N) is 2. The van der Waals surface area contributed by atoms with E-state index in [0.29, 0.717) is 18.8 Å². The molecule has 0 aliphatic rings. The Morgan fingerprint density at radius 1 is 1.47 bits per heavy atom. The van der Waals surface area contributed by atoms with E-state index < -0.39 is 0 Å². The number of pyridine rings is 1. The zero-order valence-corrected chi connectivity index (χ0v) is 10.0. The molecular formula is C12H16N4O. The second-order valence-corrected chi connectivity index (χ2v) is 3.92. The van der Waals surface area contributed by atoms with E-state index >= 15 is 0 Å². The summed E-state index contributed by atoms with van der Waals surface area (Å²) >= 11 is 0. The molecule has 17 heavy (non-hydrogen) atoms. The first-order valence-electron chi connectivity index (χ1n) is 5.51. The first kappa shape index (κ1) is 13.0. The Kier molecular flexibility index (Phi) is 4.95. The lowest BCUT2D eigenvalue weighted by Crippen LogP contribution is -2.31. The van der Waals surface area contributed by atoms with Crippen molar-refractivity contribution in [3.63, 3.8) is 0 Å². The lowest BCUT2D eigenvalue weighted by atomic mass is 10.2. The molecule has 0 aliphatic heterocycles. The van der Waals surface area contributed by atoms with Crippen LogP contribution in [0.3, 0.4) is 0 Å². The van der Waals surface area contributed by atoms with Gasteiger partial charge in [-0.15, -0.1) is 0 Å². The summed E-state index contributed by atoms with van der Waals surface area (Å²) < 4.78 is 0. The van der Waals surface area contributed by atoms with E-state index in [2.05, 4.69) is 15.6 Å². The fourth-order valence-corrected chi connectivity index (χ4v) is 1.16. The molecule has 1 aromatic rings. The molecule has 0 saturated heterocycles. The molecule has 0 aliphatic carbocycles. The highest BCUT2D eigenvalue weighted by atomic mass is 16.1. The maximum atomic E-state index is 11.3. The molecule has 0 atom stereocenters. The fourth-order valence-electron chi connectivity index (χ4n) is 1.16. The number of nitrogens with one attached hydrogen (secondary N) is 2. The number of rotatable bonds is 5. The number of anilines is 1. The smallest absolute Gasteiger partial charge is 0.222 e. The molecule has 0 unspecified atom stereocenters. The summed E-state index contributed by atoms with van der Waals surface area (Å²) in [5, 5.41) is 14.5. The number of nitriles is 1. The lowest BCUT2D eigenvalue weighted by Gasteiger charge is -2.09. The average Bonchev–Trinajstić information content (AvgIpc) is 2.35. The van der Waals surface area contributed by atoms with Crippen LogP contribution in [0, 0.1) is 17.2 Å². The Bertz CT molecular complexity index is 406. The standard InChI is InChI=1S/C12H16N4O/c1-9(2)12(17)15-6-5-14-11-4-3-10(7-13)16-8-11/h3-4,8-9,14H,5-6H2,1-2H3,(H,15,17). The van der Waals surface area contributed by atoms with E-state index in [0.717, 1.165) is 5.69 Å². The van der Waals surface area contributed by atoms with Crippen molar-refractivity contribution in [1.82, 2.24) is 10.3 Å². The molecule has 1 rings (SSSR count). The van der Waals surface area contributed by atoms with E-state index in [1.54, 1.807) is 18.3 Å². The average molecular weight is 232 g/mol. The van der Waals surface area contributed by atoms with Crippen LogP contribution in [-0.4, -0.2) is 24.0 Å². The van der Waals surface area contributed by atoms with Crippen molar-refractivity contribution in [2.75, 3.05) is 18.4 Å². The quantitative estimate of drug-likeness (QED) is 0.746. The normalized spacial score (nSPS) is 9.76. The number of hydrogen-bond donors (Lipinski definition) is 2. The highest BCUT2D eigenvalue weighted by Crippen LogP contribution is 2.04. The predicted octanol–water partition coefficient (Wildman–Crippen LogP) is 1.14. The van der Waals surface area contributed by atoms with Gasteiger partial charge in [-0.1, -0.05) is 13.8 Å². The maximum absolute atomic E-state index is 11.3. The van der Waals surface area contributed by atoms with Crippen LogP contribution in [-0.2, 0) is 4.79 Å². The molecule has 1 aromatic heterocycles. The van der Waals surface area contributed by atoms with Gasteiger partial charge in [0.15, 0.2) is 0 Å². The van der Waals surface area contributed by atoms with Gasteiger partial charge in [-0.25, -0.2) is 4.98 Å². The molecule has 0 radical (unpaired) electrons. The van der Waals surface area contributed by atoms with Gasteiger partial charge in [0.05, 0.1) is 11.9 Å². The van der Waals surface area contributed by atoms with Crippen LogP contribution in [0.25, 0.3) is 0 Å². The van der Waals surface area contributed by atoms with E-state index in [1.807, 2.05) is 19.9 Å². The molecule has 5 nitrogen and oxygen atoms in total. The van der Waals surface area contributed by atoms with Gasteiger partial charge in [0, 0.05) is 19.0 Å². The van der Waals surface area contributed by atoms with Crippen molar-refractivity contribution in [1.29, 1.82) is 5.26 Å². The van der Waals surface area contributed by atoms with Crippen molar-refractivity contribution in [2.45, 2.75) is 13.8 Å². The van der Waals surface area contributed by atoms with Crippen molar-refractivity contribution >= 4 is 11.6 Å². The van der Waals surface area contributed by atoms with Crippen molar-refractivity contribution < 1.29 is 4.79 Å². The SMILES string of the molecule is CC(C)C(=O)NCCNc1ccc(C#N)nc1. The van der Waals surface area contributed by atoms with Crippen LogP contribution in [0.2, 0.25) is 0 Å². The minimum Gasteiger partial charge on any atom is -0.382 e. The molecule has 0 aromatic carbocycles. The van der Waals surface area contributed by atoms with Crippen molar-refractivity contribution in [2.24, 2.45) is 5.92 Å². The van der Waals surface area contributed by atoms with E-state index in [9.17, 15) is 4.79 Å². The Morgan fingerprint density at radius 3 is 2.76 bits per heavy atom. The Balaban J connectivity index is 2.27. The molecule has 0 bridgehead atoms. The summed E-state index contributed by atoms with van der Waals surface area (Å²) in [4.78, 5) is 15.2. The van der Waals surface area contributed by atoms with Crippen molar-refractivity contribution in [3.05, 3.63) is 24.0 Å².